The minimum Gasteiger partial charge on any atom is -0.312 e. The Balaban J connectivity index is 1.87. The molecule has 2 heteroatoms. The lowest BCUT2D eigenvalue weighted by Gasteiger charge is -2.27. The quantitative estimate of drug-likeness (QED) is 0.869. The molecule has 0 bridgehead atoms. The first-order valence-electron chi connectivity index (χ1n) is 7.49. The van der Waals surface area contributed by atoms with Crippen molar-refractivity contribution in [2.24, 2.45) is 11.3 Å². The molecule has 0 aliphatic carbocycles. The maximum atomic E-state index is 3.59. The highest BCUT2D eigenvalue weighted by Gasteiger charge is 2.19. The lowest BCUT2D eigenvalue weighted by molar-refractivity contribution is 0.252. The summed E-state index contributed by atoms with van der Waals surface area (Å²) in [6.07, 6.45) is 1.17. The summed E-state index contributed by atoms with van der Waals surface area (Å²) >= 11 is 0. The fraction of sp³-hybridized carbons (Fsp3) is 0.647. The van der Waals surface area contributed by atoms with Crippen LogP contribution in [0.3, 0.4) is 0 Å². The van der Waals surface area contributed by atoms with E-state index < -0.39 is 0 Å². The third-order valence-electron chi connectivity index (χ3n) is 4.42. The molecule has 0 saturated carbocycles. The van der Waals surface area contributed by atoms with Gasteiger partial charge in [0.05, 0.1) is 0 Å². The molecule has 1 aliphatic heterocycles. The third-order valence-corrected chi connectivity index (χ3v) is 4.42. The summed E-state index contributed by atoms with van der Waals surface area (Å²) in [4.78, 5) is 0. The van der Waals surface area contributed by atoms with Gasteiger partial charge in [-0.15, -0.1) is 0 Å². The lowest BCUT2D eigenvalue weighted by Crippen LogP contribution is -2.29. The van der Waals surface area contributed by atoms with E-state index in [4.69, 9.17) is 0 Å². The summed E-state index contributed by atoms with van der Waals surface area (Å²) < 4.78 is 0. The summed E-state index contributed by atoms with van der Waals surface area (Å²) in [6, 6.07) is 6.94. The van der Waals surface area contributed by atoms with Crippen molar-refractivity contribution in [2.45, 2.75) is 47.2 Å². The Bertz CT molecular complexity index is 418. The summed E-state index contributed by atoms with van der Waals surface area (Å²) in [5.41, 5.74) is 4.79. The topological polar surface area (TPSA) is 24.1 Å². The Labute approximate surface area is 118 Å². The van der Waals surface area contributed by atoms with E-state index in [2.05, 4.69) is 56.5 Å². The lowest BCUT2D eigenvalue weighted by atomic mass is 9.82. The zero-order chi connectivity index (χ0) is 13.9. The number of fused-ring (bicyclic) bond motifs is 1. The molecule has 106 valence electrons. The fourth-order valence-corrected chi connectivity index (χ4v) is 2.38. The molecule has 0 fully saturated rings. The second kappa shape index (κ2) is 6.06. The van der Waals surface area contributed by atoms with Crippen LogP contribution in [-0.4, -0.2) is 13.1 Å². The van der Waals surface area contributed by atoms with Crippen LogP contribution in [0.2, 0.25) is 0 Å². The molecular weight excluding hydrogens is 232 g/mol. The number of hydrogen-bond donors (Lipinski definition) is 2. The maximum absolute atomic E-state index is 3.59. The van der Waals surface area contributed by atoms with Crippen molar-refractivity contribution in [3.8, 4) is 0 Å². The number of nitrogens with one attached hydrogen (secondary N) is 2. The van der Waals surface area contributed by atoms with Crippen molar-refractivity contribution >= 4 is 0 Å². The van der Waals surface area contributed by atoms with Gasteiger partial charge in [-0.1, -0.05) is 45.9 Å². The zero-order valence-electron chi connectivity index (χ0n) is 12.8. The second-order valence-corrected chi connectivity index (χ2v) is 6.93. The minimum absolute atomic E-state index is 0.382. The van der Waals surface area contributed by atoms with Crippen molar-refractivity contribution in [3.63, 3.8) is 0 Å². The van der Waals surface area contributed by atoms with Crippen molar-refractivity contribution in [2.75, 3.05) is 13.1 Å². The number of rotatable bonds is 4. The predicted molar refractivity (Wildman–Crippen MR) is 82.2 cm³/mol. The van der Waals surface area contributed by atoms with Gasteiger partial charge < -0.3 is 10.6 Å². The van der Waals surface area contributed by atoms with Crippen LogP contribution >= 0.6 is 0 Å². The second-order valence-electron chi connectivity index (χ2n) is 6.93. The largest absolute Gasteiger partial charge is 0.312 e. The smallest absolute Gasteiger partial charge is 0.0208 e. The van der Waals surface area contributed by atoms with E-state index in [1.807, 2.05) is 0 Å². The van der Waals surface area contributed by atoms with Crippen LogP contribution in [0.25, 0.3) is 0 Å². The van der Waals surface area contributed by atoms with Gasteiger partial charge >= 0.3 is 0 Å². The molecule has 0 aromatic heterocycles. The normalized spacial score (nSPS) is 17.1. The molecule has 0 saturated heterocycles. The Morgan fingerprint density at radius 3 is 2.79 bits per heavy atom. The van der Waals surface area contributed by atoms with Crippen molar-refractivity contribution < 1.29 is 0 Å². The van der Waals surface area contributed by atoms with Crippen LogP contribution in [-0.2, 0) is 19.5 Å². The summed E-state index contributed by atoms with van der Waals surface area (Å²) in [7, 11) is 0. The van der Waals surface area contributed by atoms with Crippen LogP contribution in [0.5, 0.6) is 0 Å². The van der Waals surface area contributed by atoms with Gasteiger partial charge in [0.25, 0.3) is 0 Å². The van der Waals surface area contributed by atoms with Gasteiger partial charge in [-0.05, 0) is 47.5 Å². The first-order chi connectivity index (χ1) is 8.97. The van der Waals surface area contributed by atoms with Gasteiger partial charge in [0, 0.05) is 13.1 Å². The van der Waals surface area contributed by atoms with Crippen molar-refractivity contribution in [1.29, 1.82) is 0 Å². The SMILES string of the molecule is CC(CNCc1ccc2c(c1)CNCC2)C(C)(C)C. The van der Waals surface area contributed by atoms with Crippen LogP contribution in [0.4, 0.5) is 0 Å². The van der Waals surface area contributed by atoms with E-state index in [9.17, 15) is 0 Å². The highest BCUT2D eigenvalue weighted by atomic mass is 14.9. The third kappa shape index (κ3) is 4.05. The Kier molecular flexibility index (Phi) is 4.64. The van der Waals surface area contributed by atoms with Gasteiger partial charge in [-0.25, -0.2) is 0 Å². The molecule has 1 aliphatic rings. The molecule has 1 aromatic rings. The Morgan fingerprint density at radius 2 is 2.05 bits per heavy atom. The Morgan fingerprint density at radius 1 is 1.26 bits per heavy atom. The highest BCUT2D eigenvalue weighted by Crippen LogP contribution is 2.24. The van der Waals surface area contributed by atoms with E-state index in [-0.39, 0.29) is 0 Å². The molecule has 1 unspecified atom stereocenters. The van der Waals surface area contributed by atoms with Crippen LogP contribution in [0.1, 0.15) is 44.4 Å². The van der Waals surface area contributed by atoms with Crippen molar-refractivity contribution in [3.05, 3.63) is 34.9 Å². The summed E-state index contributed by atoms with van der Waals surface area (Å²) in [5.74, 6) is 0.687. The summed E-state index contributed by atoms with van der Waals surface area (Å²) in [5, 5.41) is 7.04. The van der Waals surface area contributed by atoms with Gasteiger partial charge in [0.15, 0.2) is 0 Å². The van der Waals surface area contributed by atoms with E-state index in [1.165, 1.54) is 23.1 Å². The molecule has 0 amide bonds. The standard InChI is InChI=1S/C17H28N2/c1-13(17(2,3)4)10-19-11-14-5-6-15-7-8-18-12-16(15)9-14/h5-6,9,13,18-19H,7-8,10-12H2,1-4H3. The van der Waals surface area contributed by atoms with Crippen molar-refractivity contribution in [1.82, 2.24) is 10.6 Å². The van der Waals surface area contributed by atoms with Gasteiger partial charge in [-0.3, -0.25) is 0 Å². The van der Waals surface area contributed by atoms with Crippen LogP contribution < -0.4 is 10.6 Å². The van der Waals surface area contributed by atoms with Crippen LogP contribution in [0.15, 0.2) is 18.2 Å². The van der Waals surface area contributed by atoms with E-state index >= 15 is 0 Å². The molecule has 1 aromatic carbocycles. The predicted octanol–water partition coefficient (Wildman–Crippen LogP) is 3.10. The highest BCUT2D eigenvalue weighted by molar-refractivity contribution is 5.33. The summed E-state index contributed by atoms with van der Waals surface area (Å²) in [6.45, 7) is 13.5. The monoisotopic (exact) mass is 260 g/mol. The van der Waals surface area contributed by atoms with E-state index in [0.29, 0.717) is 11.3 Å². The molecule has 19 heavy (non-hydrogen) atoms. The average Bonchev–Trinajstić information content (AvgIpc) is 2.37. The van der Waals surface area contributed by atoms with Crippen LogP contribution in [0, 0.1) is 11.3 Å². The molecule has 1 heterocycles. The minimum atomic E-state index is 0.382. The van der Waals surface area contributed by atoms with Gasteiger partial charge in [0.2, 0.25) is 0 Å². The van der Waals surface area contributed by atoms with Gasteiger partial charge in [-0.2, -0.15) is 0 Å². The number of hydrogen-bond acceptors (Lipinski definition) is 2. The molecule has 2 nitrogen and oxygen atoms in total. The first kappa shape index (κ1) is 14.5. The molecule has 2 N–H and O–H groups in total. The zero-order valence-corrected chi connectivity index (χ0v) is 12.8. The van der Waals surface area contributed by atoms with Gasteiger partial charge in [0.1, 0.15) is 0 Å². The Hall–Kier alpha value is -0.860. The molecular formula is C17H28N2. The average molecular weight is 260 g/mol. The molecule has 0 spiro atoms. The molecule has 1 atom stereocenters. The molecule has 0 radical (unpaired) electrons. The molecule has 2 rings (SSSR count). The van der Waals surface area contributed by atoms with E-state index in [0.717, 1.165) is 26.2 Å². The van der Waals surface area contributed by atoms with E-state index in [1.54, 1.807) is 0 Å². The number of benzene rings is 1. The maximum Gasteiger partial charge on any atom is 0.0208 e. The fourth-order valence-electron chi connectivity index (χ4n) is 2.38. The first-order valence-corrected chi connectivity index (χ1v) is 7.49.